The van der Waals surface area contributed by atoms with E-state index in [1.54, 1.807) is 0 Å². The summed E-state index contributed by atoms with van der Waals surface area (Å²) in [7, 11) is 0. The summed E-state index contributed by atoms with van der Waals surface area (Å²) in [5.74, 6) is 0. The molecule has 1 unspecified atom stereocenters. The molecule has 1 aliphatic rings. The molecule has 0 radical (unpaired) electrons. The predicted octanol–water partition coefficient (Wildman–Crippen LogP) is 1.48. The van der Waals surface area contributed by atoms with Crippen molar-refractivity contribution in [2.24, 2.45) is 0 Å². The van der Waals surface area contributed by atoms with Gasteiger partial charge in [-0.05, 0) is 26.3 Å². The summed E-state index contributed by atoms with van der Waals surface area (Å²) in [5, 5.41) is 7.93. The van der Waals surface area contributed by atoms with Crippen LogP contribution in [0, 0.1) is 0 Å². The number of nitrogens with one attached hydrogen (secondary N) is 1. The minimum absolute atomic E-state index is 0.618. The van der Waals surface area contributed by atoms with Gasteiger partial charge < -0.3 is 10.2 Å². The Morgan fingerprint density at radius 2 is 2.38 bits per heavy atom. The molecule has 0 bridgehead atoms. The van der Waals surface area contributed by atoms with E-state index in [1.807, 2.05) is 10.9 Å². The van der Waals surface area contributed by atoms with Crippen LogP contribution in [0.3, 0.4) is 0 Å². The van der Waals surface area contributed by atoms with Gasteiger partial charge in [-0.3, -0.25) is 4.68 Å². The van der Waals surface area contributed by atoms with E-state index in [0.717, 1.165) is 26.2 Å². The van der Waals surface area contributed by atoms with Gasteiger partial charge in [0.15, 0.2) is 0 Å². The highest BCUT2D eigenvalue weighted by Crippen LogP contribution is 2.15. The van der Waals surface area contributed by atoms with E-state index in [0.29, 0.717) is 6.04 Å². The number of aryl methyl sites for hydroxylation is 1. The summed E-state index contributed by atoms with van der Waals surface area (Å²) < 4.78 is 1.99. The fourth-order valence-corrected chi connectivity index (χ4v) is 2.19. The summed E-state index contributed by atoms with van der Waals surface area (Å²) in [5.41, 5.74) is 1.27. The molecule has 0 saturated carbocycles. The number of hydrogen-bond acceptors (Lipinski definition) is 3. The van der Waals surface area contributed by atoms with Gasteiger partial charge in [-0.25, -0.2) is 0 Å². The molecule has 4 heteroatoms. The van der Waals surface area contributed by atoms with Gasteiger partial charge in [0.25, 0.3) is 0 Å². The molecule has 0 spiro atoms. The lowest BCUT2D eigenvalue weighted by atomic mass is 10.2. The maximum absolute atomic E-state index is 4.35. The molecule has 16 heavy (non-hydrogen) atoms. The van der Waals surface area contributed by atoms with E-state index < -0.39 is 0 Å². The van der Waals surface area contributed by atoms with Gasteiger partial charge in [-0.2, -0.15) is 5.10 Å². The Bertz CT molecular complexity index is 321. The molecule has 1 atom stereocenters. The molecular formula is C12H22N4. The van der Waals surface area contributed by atoms with Gasteiger partial charge in [-0.1, -0.05) is 6.92 Å². The van der Waals surface area contributed by atoms with Crippen LogP contribution < -0.4 is 10.2 Å². The Morgan fingerprint density at radius 1 is 1.50 bits per heavy atom. The first-order valence-electron chi connectivity index (χ1n) is 6.34. The van der Waals surface area contributed by atoms with Crippen molar-refractivity contribution in [2.45, 2.75) is 39.3 Å². The Morgan fingerprint density at radius 3 is 3.06 bits per heavy atom. The lowest BCUT2D eigenvalue weighted by Gasteiger charge is -2.24. The third-order valence-corrected chi connectivity index (χ3v) is 3.28. The van der Waals surface area contributed by atoms with Crippen molar-refractivity contribution < 1.29 is 0 Å². The fourth-order valence-electron chi connectivity index (χ4n) is 2.19. The van der Waals surface area contributed by atoms with Crippen LogP contribution in [0.5, 0.6) is 0 Å². The zero-order valence-corrected chi connectivity index (χ0v) is 10.3. The Balaban J connectivity index is 2.06. The first-order valence-corrected chi connectivity index (χ1v) is 6.34. The van der Waals surface area contributed by atoms with E-state index >= 15 is 0 Å². The number of anilines is 1. The highest BCUT2D eigenvalue weighted by atomic mass is 15.3. The van der Waals surface area contributed by atoms with E-state index in [1.165, 1.54) is 18.5 Å². The van der Waals surface area contributed by atoms with Crippen LogP contribution >= 0.6 is 0 Å². The molecule has 4 nitrogen and oxygen atoms in total. The highest BCUT2D eigenvalue weighted by Gasteiger charge is 2.17. The number of hydrogen-bond donors (Lipinski definition) is 1. The fraction of sp³-hybridized carbons (Fsp3) is 0.750. The summed E-state index contributed by atoms with van der Waals surface area (Å²) >= 11 is 0. The molecule has 1 saturated heterocycles. The quantitative estimate of drug-likeness (QED) is 0.841. The first-order chi connectivity index (χ1) is 7.83. The summed E-state index contributed by atoms with van der Waals surface area (Å²) in [4.78, 5) is 2.45. The molecule has 1 aromatic heterocycles. The average Bonchev–Trinajstić information content (AvgIpc) is 2.67. The van der Waals surface area contributed by atoms with Crippen LogP contribution in [0.25, 0.3) is 0 Å². The van der Waals surface area contributed by atoms with Crippen LogP contribution in [-0.4, -0.2) is 35.5 Å². The predicted molar refractivity (Wildman–Crippen MR) is 66.8 cm³/mol. The van der Waals surface area contributed by atoms with E-state index in [-0.39, 0.29) is 0 Å². The Labute approximate surface area is 97.6 Å². The number of nitrogens with zero attached hydrogens (tertiary/aromatic N) is 3. The zero-order chi connectivity index (χ0) is 11.4. The Hall–Kier alpha value is -1.03. The van der Waals surface area contributed by atoms with Crippen molar-refractivity contribution in [3.05, 3.63) is 12.4 Å². The topological polar surface area (TPSA) is 33.1 Å². The highest BCUT2D eigenvalue weighted by molar-refractivity contribution is 5.42. The second-order valence-corrected chi connectivity index (χ2v) is 4.41. The zero-order valence-electron chi connectivity index (χ0n) is 10.3. The summed E-state index contributed by atoms with van der Waals surface area (Å²) in [6.45, 7) is 8.69. The maximum Gasteiger partial charge on any atom is 0.0753 e. The van der Waals surface area contributed by atoms with Gasteiger partial charge in [0.1, 0.15) is 0 Å². The van der Waals surface area contributed by atoms with E-state index in [9.17, 15) is 0 Å². The number of aromatic nitrogens is 2. The van der Waals surface area contributed by atoms with Crippen LogP contribution in [0.2, 0.25) is 0 Å². The Kier molecular flexibility index (Phi) is 3.83. The smallest absolute Gasteiger partial charge is 0.0753 e. The largest absolute Gasteiger partial charge is 0.367 e. The van der Waals surface area contributed by atoms with Crippen molar-refractivity contribution in [1.82, 2.24) is 15.1 Å². The van der Waals surface area contributed by atoms with Crippen molar-refractivity contribution >= 4 is 5.69 Å². The van der Waals surface area contributed by atoms with Gasteiger partial charge in [0.2, 0.25) is 0 Å². The molecule has 1 aliphatic heterocycles. The lowest BCUT2D eigenvalue weighted by Crippen LogP contribution is -2.37. The molecule has 0 amide bonds. The number of rotatable bonds is 3. The molecule has 90 valence electrons. The minimum Gasteiger partial charge on any atom is -0.367 e. The minimum atomic E-state index is 0.618. The third-order valence-electron chi connectivity index (χ3n) is 3.28. The third kappa shape index (κ3) is 2.55. The van der Waals surface area contributed by atoms with Crippen LogP contribution in [0.15, 0.2) is 12.4 Å². The van der Waals surface area contributed by atoms with Crippen LogP contribution in [0.1, 0.15) is 26.7 Å². The first kappa shape index (κ1) is 11.5. The summed E-state index contributed by atoms with van der Waals surface area (Å²) in [6, 6.07) is 0.618. The standard InChI is InChI=1S/C12H22N4/c1-3-11-9-15(7-5-6-13-11)12-8-14-16(4-2)10-12/h8,10-11,13H,3-7,9H2,1-2H3. The van der Waals surface area contributed by atoms with Gasteiger partial charge in [0.05, 0.1) is 11.9 Å². The molecule has 1 N–H and O–H groups in total. The lowest BCUT2D eigenvalue weighted by molar-refractivity contribution is 0.528. The van der Waals surface area contributed by atoms with Crippen LogP contribution in [-0.2, 0) is 6.54 Å². The summed E-state index contributed by atoms with van der Waals surface area (Å²) in [6.07, 6.45) is 6.55. The van der Waals surface area contributed by atoms with Crippen molar-refractivity contribution in [3.8, 4) is 0 Å². The average molecular weight is 222 g/mol. The molecule has 1 aromatic rings. The molecule has 0 aliphatic carbocycles. The van der Waals surface area contributed by atoms with Gasteiger partial charge in [-0.15, -0.1) is 0 Å². The van der Waals surface area contributed by atoms with Crippen LogP contribution in [0.4, 0.5) is 5.69 Å². The van der Waals surface area contributed by atoms with E-state index in [2.05, 4.69) is 35.4 Å². The van der Waals surface area contributed by atoms with Gasteiger partial charge in [0, 0.05) is 31.9 Å². The normalized spacial score (nSPS) is 22.1. The van der Waals surface area contributed by atoms with Crippen molar-refractivity contribution in [3.63, 3.8) is 0 Å². The SMILES string of the molecule is CCC1CN(c2cnn(CC)c2)CCCN1. The molecule has 2 rings (SSSR count). The second kappa shape index (κ2) is 5.34. The molecule has 0 aromatic carbocycles. The maximum atomic E-state index is 4.35. The second-order valence-electron chi connectivity index (χ2n) is 4.41. The monoisotopic (exact) mass is 222 g/mol. The van der Waals surface area contributed by atoms with Crippen molar-refractivity contribution in [1.29, 1.82) is 0 Å². The van der Waals surface area contributed by atoms with Crippen molar-refractivity contribution in [2.75, 3.05) is 24.5 Å². The molecular weight excluding hydrogens is 200 g/mol. The van der Waals surface area contributed by atoms with Gasteiger partial charge >= 0.3 is 0 Å². The molecule has 2 heterocycles. The molecule has 1 fully saturated rings. The van der Waals surface area contributed by atoms with E-state index in [4.69, 9.17) is 0 Å².